The minimum atomic E-state index is 0.264. The summed E-state index contributed by atoms with van der Waals surface area (Å²) in [6.07, 6.45) is 3.92. The number of hydrogen-bond donors (Lipinski definition) is 2. The van der Waals surface area contributed by atoms with Gasteiger partial charge in [0, 0.05) is 18.6 Å². The van der Waals surface area contributed by atoms with Crippen LogP contribution < -0.4 is 5.73 Å². The molecule has 0 aromatic heterocycles. The van der Waals surface area contributed by atoms with Gasteiger partial charge in [0.15, 0.2) is 0 Å². The van der Waals surface area contributed by atoms with E-state index < -0.39 is 0 Å². The fraction of sp³-hybridized carbons (Fsp3) is 0.500. The highest BCUT2D eigenvalue weighted by Crippen LogP contribution is 2.46. The number of rotatable bonds is 5. The predicted octanol–water partition coefficient (Wildman–Crippen LogP) is 2.26. The van der Waals surface area contributed by atoms with E-state index in [1.54, 1.807) is 0 Å². The van der Waals surface area contributed by atoms with Crippen molar-refractivity contribution in [2.45, 2.75) is 31.6 Å². The standard InChI is InChI=1S/C16H21NO/c17-12-15-11-16(15)14-8-6-13(7-9-14)5-3-1-2-4-10-18/h6-9,15-16,18H,1-2,4,10-12,17H2/t15-,16-/m1/s1. The second-order valence-electron chi connectivity index (χ2n) is 4.94. The van der Waals surface area contributed by atoms with Crippen molar-refractivity contribution in [3.05, 3.63) is 35.4 Å². The van der Waals surface area contributed by atoms with E-state index >= 15 is 0 Å². The average Bonchev–Trinajstić information content (AvgIpc) is 3.19. The van der Waals surface area contributed by atoms with Crippen LogP contribution in [0.25, 0.3) is 0 Å². The van der Waals surface area contributed by atoms with E-state index in [2.05, 4.69) is 36.1 Å². The van der Waals surface area contributed by atoms with Crippen molar-refractivity contribution in [1.82, 2.24) is 0 Å². The van der Waals surface area contributed by atoms with Crippen molar-refractivity contribution < 1.29 is 5.11 Å². The summed E-state index contributed by atoms with van der Waals surface area (Å²) < 4.78 is 0. The van der Waals surface area contributed by atoms with E-state index in [-0.39, 0.29) is 6.61 Å². The monoisotopic (exact) mass is 243 g/mol. The fourth-order valence-electron chi connectivity index (χ4n) is 2.22. The quantitative estimate of drug-likeness (QED) is 0.615. The summed E-state index contributed by atoms with van der Waals surface area (Å²) in [5, 5.41) is 8.66. The summed E-state index contributed by atoms with van der Waals surface area (Å²) in [5.74, 6) is 7.68. The summed E-state index contributed by atoms with van der Waals surface area (Å²) in [5.41, 5.74) is 8.13. The molecule has 2 atom stereocenters. The second kappa shape index (κ2) is 6.58. The normalized spacial score (nSPS) is 21.2. The Hall–Kier alpha value is -1.30. The minimum absolute atomic E-state index is 0.264. The Morgan fingerprint density at radius 2 is 2.00 bits per heavy atom. The molecule has 1 aromatic rings. The molecule has 0 heterocycles. The zero-order valence-corrected chi connectivity index (χ0v) is 10.7. The molecule has 1 aliphatic carbocycles. The largest absolute Gasteiger partial charge is 0.396 e. The molecule has 1 fully saturated rings. The van der Waals surface area contributed by atoms with Crippen LogP contribution in [0.4, 0.5) is 0 Å². The van der Waals surface area contributed by atoms with Gasteiger partial charge in [0.1, 0.15) is 0 Å². The molecule has 0 aliphatic heterocycles. The van der Waals surface area contributed by atoms with Crippen LogP contribution in [0.2, 0.25) is 0 Å². The molecule has 0 amide bonds. The van der Waals surface area contributed by atoms with Gasteiger partial charge in [-0.15, -0.1) is 0 Å². The van der Waals surface area contributed by atoms with Gasteiger partial charge in [0.05, 0.1) is 0 Å². The van der Waals surface area contributed by atoms with Crippen molar-refractivity contribution in [3.63, 3.8) is 0 Å². The van der Waals surface area contributed by atoms with Gasteiger partial charge < -0.3 is 10.8 Å². The molecule has 0 radical (unpaired) electrons. The van der Waals surface area contributed by atoms with Crippen molar-refractivity contribution in [1.29, 1.82) is 0 Å². The lowest BCUT2D eigenvalue weighted by molar-refractivity contribution is 0.285. The third-order valence-electron chi connectivity index (χ3n) is 3.51. The molecular weight excluding hydrogens is 222 g/mol. The molecule has 18 heavy (non-hydrogen) atoms. The van der Waals surface area contributed by atoms with Crippen molar-refractivity contribution in [2.24, 2.45) is 11.7 Å². The maximum atomic E-state index is 8.66. The first-order valence-electron chi connectivity index (χ1n) is 6.75. The Morgan fingerprint density at radius 3 is 2.61 bits per heavy atom. The number of aliphatic hydroxyl groups is 1. The molecular formula is C16H21NO. The van der Waals surface area contributed by atoms with Crippen molar-refractivity contribution >= 4 is 0 Å². The fourth-order valence-corrected chi connectivity index (χ4v) is 2.22. The molecule has 96 valence electrons. The number of benzene rings is 1. The van der Waals surface area contributed by atoms with E-state index in [1.165, 1.54) is 12.0 Å². The Morgan fingerprint density at radius 1 is 1.22 bits per heavy atom. The van der Waals surface area contributed by atoms with Gasteiger partial charge in [-0.05, 0) is 55.3 Å². The van der Waals surface area contributed by atoms with E-state index in [0.29, 0.717) is 11.8 Å². The Balaban J connectivity index is 1.84. The molecule has 2 heteroatoms. The van der Waals surface area contributed by atoms with Gasteiger partial charge in [0.2, 0.25) is 0 Å². The van der Waals surface area contributed by atoms with Gasteiger partial charge in [-0.3, -0.25) is 0 Å². The molecule has 2 rings (SSSR count). The SMILES string of the molecule is NC[C@H]1C[C@@H]1c1ccc(C#CCCCCO)cc1. The molecule has 0 saturated heterocycles. The molecule has 0 spiro atoms. The Labute approximate surface area is 109 Å². The minimum Gasteiger partial charge on any atom is -0.396 e. The zero-order valence-electron chi connectivity index (χ0n) is 10.7. The lowest BCUT2D eigenvalue weighted by atomic mass is 10.1. The van der Waals surface area contributed by atoms with Crippen LogP contribution in [0.15, 0.2) is 24.3 Å². The summed E-state index contributed by atoms with van der Waals surface area (Å²) in [4.78, 5) is 0. The van der Waals surface area contributed by atoms with Crippen LogP contribution in [-0.2, 0) is 0 Å². The van der Waals surface area contributed by atoms with Gasteiger partial charge in [-0.1, -0.05) is 24.0 Å². The molecule has 1 saturated carbocycles. The maximum Gasteiger partial charge on any atom is 0.0431 e. The highest BCUT2D eigenvalue weighted by atomic mass is 16.2. The van der Waals surface area contributed by atoms with Gasteiger partial charge in [0.25, 0.3) is 0 Å². The first-order chi connectivity index (χ1) is 8.85. The predicted molar refractivity (Wildman–Crippen MR) is 74.2 cm³/mol. The molecule has 1 aromatic carbocycles. The van der Waals surface area contributed by atoms with Crippen LogP contribution in [0, 0.1) is 17.8 Å². The van der Waals surface area contributed by atoms with Crippen LogP contribution in [-0.4, -0.2) is 18.3 Å². The lowest BCUT2D eigenvalue weighted by Gasteiger charge is -1.99. The van der Waals surface area contributed by atoms with E-state index in [4.69, 9.17) is 10.8 Å². The Bertz CT molecular complexity index is 427. The zero-order chi connectivity index (χ0) is 12.8. The van der Waals surface area contributed by atoms with Crippen molar-refractivity contribution in [3.8, 4) is 11.8 Å². The molecule has 0 bridgehead atoms. The number of aliphatic hydroxyl groups excluding tert-OH is 1. The summed E-state index contributed by atoms with van der Waals surface area (Å²) in [7, 11) is 0. The number of nitrogens with two attached hydrogens (primary N) is 1. The van der Waals surface area contributed by atoms with Crippen molar-refractivity contribution in [2.75, 3.05) is 13.2 Å². The average molecular weight is 243 g/mol. The van der Waals surface area contributed by atoms with E-state index in [0.717, 1.165) is 31.4 Å². The first kappa shape index (κ1) is 13.1. The number of hydrogen-bond acceptors (Lipinski definition) is 2. The molecule has 0 unspecified atom stereocenters. The molecule has 3 N–H and O–H groups in total. The first-order valence-corrected chi connectivity index (χ1v) is 6.75. The Kier molecular flexibility index (Phi) is 4.81. The lowest BCUT2D eigenvalue weighted by Crippen LogP contribution is -2.01. The summed E-state index contributed by atoms with van der Waals surface area (Å²) in [6, 6.07) is 8.55. The van der Waals surface area contributed by atoms with Crippen LogP contribution >= 0.6 is 0 Å². The third-order valence-corrected chi connectivity index (χ3v) is 3.51. The number of unbranched alkanes of at least 4 members (excludes halogenated alkanes) is 2. The molecule has 1 aliphatic rings. The highest BCUT2D eigenvalue weighted by molar-refractivity contribution is 5.38. The van der Waals surface area contributed by atoms with Crippen LogP contribution in [0.5, 0.6) is 0 Å². The van der Waals surface area contributed by atoms with Gasteiger partial charge in [-0.25, -0.2) is 0 Å². The molecule has 2 nitrogen and oxygen atoms in total. The van der Waals surface area contributed by atoms with Crippen LogP contribution in [0.3, 0.4) is 0 Å². The van der Waals surface area contributed by atoms with Gasteiger partial charge in [-0.2, -0.15) is 0 Å². The third kappa shape index (κ3) is 3.60. The summed E-state index contributed by atoms with van der Waals surface area (Å²) >= 11 is 0. The highest BCUT2D eigenvalue weighted by Gasteiger charge is 2.36. The van der Waals surface area contributed by atoms with E-state index in [9.17, 15) is 0 Å². The van der Waals surface area contributed by atoms with Crippen LogP contribution in [0.1, 0.15) is 42.7 Å². The van der Waals surface area contributed by atoms with Gasteiger partial charge >= 0.3 is 0 Å². The summed E-state index contributed by atoms with van der Waals surface area (Å²) in [6.45, 7) is 1.07. The second-order valence-corrected chi connectivity index (χ2v) is 4.94. The van der Waals surface area contributed by atoms with E-state index in [1.807, 2.05) is 0 Å². The topological polar surface area (TPSA) is 46.2 Å². The smallest absolute Gasteiger partial charge is 0.0431 e. The maximum absolute atomic E-state index is 8.66.